The van der Waals surface area contributed by atoms with Crippen LogP contribution in [0.2, 0.25) is 0 Å². The minimum absolute atomic E-state index is 0.0525. The van der Waals surface area contributed by atoms with Gasteiger partial charge in [-0.15, -0.1) is 0 Å². The van der Waals surface area contributed by atoms with Crippen LogP contribution >= 0.6 is 12.2 Å². The molecule has 6 nitrogen and oxygen atoms in total. The van der Waals surface area contributed by atoms with E-state index in [1.54, 1.807) is 13.2 Å². The van der Waals surface area contributed by atoms with E-state index < -0.39 is 0 Å². The third-order valence-electron chi connectivity index (χ3n) is 4.76. The molecule has 0 amide bonds. The predicted molar refractivity (Wildman–Crippen MR) is 114 cm³/mol. The highest BCUT2D eigenvalue weighted by Crippen LogP contribution is 2.13. The highest BCUT2D eigenvalue weighted by molar-refractivity contribution is 7.80. The van der Waals surface area contributed by atoms with Crippen molar-refractivity contribution in [2.24, 2.45) is 0 Å². The summed E-state index contributed by atoms with van der Waals surface area (Å²) in [6.07, 6.45) is 2.68. The van der Waals surface area contributed by atoms with Crippen LogP contribution in [-0.4, -0.2) is 60.1 Å². The average Bonchev–Trinajstić information content (AvgIpc) is 3.21. The lowest BCUT2D eigenvalue weighted by Crippen LogP contribution is -2.39. The fraction of sp³-hybridized carbons (Fsp3) is 0.429. The molecule has 0 unspecified atom stereocenters. The Labute approximate surface area is 171 Å². The fourth-order valence-corrected chi connectivity index (χ4v) is 3.42. The largest absolute Gasteiger partial charge is 0.467 e. The zero-order chi connectivity index (χ0) is 19.8. The van der Waals surface area contributed by atoms with Gasteiger partial charge >= 0.3 is 0 Å². The van der Waals surface area contributed by atoms with Crippen LogP contribution in [0.15, 0.2) is 47.1 Å². The number of hydrogen-bond acceptors (Lipinski definition) is 5. The van der Waals surface area contributed by atoms with Crippen molar-refractivity contribution in [3.63, 3.8) is 0 Å². The first-order valence-electron chi connectivity index (χ1n) is 9.61. The third-order valence-corrected chi connectivity index (χ3v) is 5.12. The van der Waals surface area contributed by atoms with E-state index in [2.05, 4.69) is 15.1 Å². The number of thiocarbonyl (C=S) groups is 1. The van der Waals surface area contributed by atoms with E-state index in [0.717, 1.165) is 57.3 Å². The quantitative estimate of drug-likeness (QED) is 0.537. The van der Waals surface area contributed by atoms with Gasteiger partial charge in [-0.05, 0) is 62.0 Å². The van der Waals surface area contributed by atoms with Gasteiger partial charge < -0.3 is 19.4 Å². The van der Waals surface area contributed by atoms with Crippen molar-refractivity contribution >= 4 is 28.8 Å². The topological polar surface area (TPSA) is 58.0 Å². The molecule has 28 heavy (non-hydrogen) atoms. The zero-order valence-electron chi connectivity index (χ0n) is 16.2. The number of ether oxygens (including phenoxy) is 1. The number of carbonyl (C=O) groups is 1. The first-order valence-corrected chi connectivity index (χ1v) is 10.0. The molecule has 1 saturated heterocycles. The molecule has 0 bridgehead atoms. The molecule has 150 valence electrons. The van der Waals surface area contributed by atoms with Gasteiger partial charge in [0, 0.05) is 37.4 Å². The monoisotopic (exact) mass is 401 g/mol. The molecule has 3 rings (SSSR count). The zero-order valence-corrected chi connectivity index (χ0v) is 17.0. The van der Waals surface area contributed by atoms with Crippen LogP contribution in [0.1, 0.15) is 29.5 Å². The number of benzene rings is 1. The van der Waals surface area contributed by atoms with Gasteiger partial charge in [0.05, 0.1) is 26.0 Å². The molecule has 2 aromatic rings. The minimum atomic E-state index is 0.0525. The Morgan fingerprint density at radius 2 is 1.96 bits per heavy atom. The molecule has 1 aromatic heterocycles. The molecular weight excluding hydrogens is 374 g/mol. The molecule has 0 radical (unpaired) electrons. The molecule has 1 fully saturated rings. The highest BCUT2D eigenvalue weighted by atomic mass is 32.1. The van der Waals surface area contributed by atoms with Gasteiger partial charge in [-0.3, -0.25) is 9.69 Å². The van der Waals surface area contributed by atoms with Gasteiger partial charge in [0.15, 0.2) is 10.9 Å². The van der Waals surface area contributed by atoms with E-state index in [-0.39, 0.29) is 5.78 Å². The minimum Gasteiger partial charge on any atom is -0.467 e. The van der Waals surface area contributed by atoms with Crippen molar-refractivity contribution in [1.82, 2.24) is 9.80 Å². The maximum absolute atomic E-state index is 11.4. The summed E-state index contributed by atoms with van der Waals surface area (Å²) < 4.78 is 10.9. The van der Waals surface area contributed by atoms with Crippen molar-refractivity contribution in [1.29, 1.82) is 0 Å². The summed E-state index contributed by atoms with van der Waals surface area (Å²) in [6.45, 7) is 7.63. The number of nitrogens with zero attached hydrogens (tertiary/aromatic N) is 2. The van der Waals surface area contributed by atoms with Crippen molar-refractivity contribution < 1.29 is 13.9 Å². The molecule has 2 heterocycles. The number of morpholine rings is 1. The predicted octanol–water partition coefficient (Wildman–Crippen LogP) is 3.40. The molecule has 0 saturated carbocycles. The van der Waals surface area contributed by atoms with E-state index >= 15 is 0 Å². The van der Waals surface area contributed by atoms with Crippen LogP contribution in [0.5, 0.6) is 0 Å². The van der Waals surface area contributed by atoms with Crippen LogP contribution in [0.25, 0.3) is 0 Å². The number of rotatable bonds is 8. The second-order valence-electron chi connectivity index (χ2n) is 6.87. The van der Waals surface area contributed by atoms with Crippen LogP contribution < -0.4 is 5.32 Å². The Morgan fingerprint density at radius 1 is 1.21 bits per heavy atom. The maximum atomic E-state index is 11.4. The third kappa shape index (κ3) is 6.15. The number of ketones is 1. The van der Waals surface area contributed by atoms with Crippen LogP contribution in [0.3, 0.4) is 0 Å². The lowest BCUT2D eigenvalue weighted by Gasteiger charge is -2.29. The van der Waals surface area contributed by atoms with E-state index in [4.69, 9.17) is 21.4 Å². The van der Waals surface area contributed by atoms with Crippen LogP contribution in [0.4, 0.5) is 5.69 Å². The summed E-state index contributed by atoms with van der Waals surface area (Å²) >= 11 is 5.66. The fourth-order valence-electron chi connectivity index (χ4n) is 3.14. The summed E-state index contributed by atoms with van der Waals surface area (Å²) in [5, 5.41) is 3.93. The SMILES string of the molecule is CC(=O)c1ccc(NC(=S)N(CCCN2CCOCC2)Cc2ccco2)cc1. The number of carbonyl (C=O) groups excluding carboxylic acids is 1. The van der Waals surface area contributed by atoms with Crippen molar-refractivity contribution in [2.75, 3.05) is 44.7 Å². The molecule has 1 aliphatic rings. The van der Waals surface area contributed by atoms with Crippen molar-refractivity contribution in [2.45, 2.75) is 19.9 Å². The lowest BCUT2D eigenvalue weighted by atomic mass is 10.1. The van der Waals surface area contributed by atoms with Crippen molar-refractivity contribution in [3.05, 3.63) is 54.0 Å². The maximum Gasteiger partial charge on any atom is 0.173 e. The smallest absolute Gasteiger partial charge is 0.173 e. The van der Waals surface area contributed by atoms with Gasteiger partial charge in [-0.1, -0.05) is 0 Å². The molecular formula is C21H27N3O3S. The molecule has 1 aliphatic heterocycles. The summed E-state index contributed by atoms with van der Waals surface area (Å²) in [4.78, 5) is 16.0. The van der Waals surface area contributed by atoms with E-state index in [1.165, 1.54) is 0 Å². The lowest BCUT2D eigenvalue weighted by molar-refractivity contribution is 0.0367. The molecule has 0 spiro atoms. The van der Waals surface area contributed by atoms with Crippen LogP contribution in [-0.2, 0) is 11.3 Å². The summed E-state index contributed by atoms with van der Waals surface area (Å²) in [5.74, 6) is 0.930. The van der Waals surface area contributed by atoms with Gasteiger partial charge in [0.1, 0.15) is 5.76 Å². The molecule has 0 aliphatic carbocycles. The first-order chi connectivity index (χ1) is 13.6. The Morgan fingerprint density at radius 3 is 2.61 bits per heavy atom. The van der Waals surface area contributed by atoms with E-state index in [9.17, 15) is 4.79 Å². The molecule has 1 aromatic carbocycles. The first kappa shape index (κ1) is 20.5. The second-order valence-corrected chi connectivity index (χ2v) is 7.26. The second kappa shape index (κ2) is 10.4. The number of anilines is 1. The van der Waals surface area contributed by atoms with Gasteiger partial charge in [0.25, 0.3) is 0 Å². The van der Waals surface area contributed by atoms with E-state index in [1.807, 2.05) is 36.4 Å². The Balaban J connectivity index is 1.58. The Bertz CT molecular complexity index is 756. The van der Waals surface area contributed by atoms with Gasteiger partial charge in [-0.25, -0.2) is 0 Å². The molecule has 7 heteroatoms. The summed E-state index contributed by atoms with van der Waals surface area (Å²) in [5.41, 5.74) is 1.56. The van der Waals surface area contributed by atoms with Gasteiger partial charge in [-0.2, -0.15) is 0 Å². The normalized spacial score (nSPS) is 14.6. The van der Waals surface area contributed by atoms with Crippen molar-refractivity contribution in [3.8, 4) is 0 Å². The molecule has 0 atom stereocenters. The molecule has 1 N–H and O–H groups in total. The number of hydrogen-bond donors (Lipinski definition) is 1. The van der Waals surface area contributed by atoms with E-state index in [0.29, 0.717) is 17.2 Å². The highest BCUT2D eigenvalue weighted by Gasteiger charge is 2.15. The number of furan rings is 1. The average molecular weight is 402 g/mol. The van der Waals surface area contributed by atoms with Crippen LogP contribution in [0, 0.1) is 0 Å². The Kier molecular flexibility index (Phi) is 7.59. The Hall–Kier alpha value is -2.22. The number of nitrogens with one attached hydrogen (secondary N) is 1. The standard InChI is InChI=1S/C21H27N3O3S/c1-17(25)18-5-7-19(8-6-18)22-21(28)24(16-20-4-2-13-27-20)10-3-9-23-11-14-26-15-12-23/h2,4-8,13H,3,9-12,14-16H2,1H3,(H,22,28). The number of Topliss-reactive ketones (excluding diaryl/α,β-unsaturated/α-hetero) is 1. The summed E-state index contributed by atoms with van der Waals surface area (Å²) in [7, 11) is 0. The summed E-state index contributed by atoms with van der Waals surface area (Å²) in [6, 6.07) is 11.2. The van der Waals surface area contributed by atoms with Gasteiger partial charge in [0.2, 0.25) is 0 Å².